The predicted molar refractivity (Wildman–Crippen MR) is 149 cm³/mol. The number of halogens is 6. The van der Waals surface area contributed by atoms with Crippen molar-refractivity contribution in [1.29, 1.82) is 0 Å². The first-order valence-electron chi connectivity index (χ1n) is 13.4. The molecule has 3 aliphatic heterocycles. The molecule has 0 spiro atoms. The highest BCUT2D eigenvalue weighted by Crippen LogP contribution is 2.49. The number of fused-ring (bicyclic) bond motifs is 4. The SMILES string of the molecule is CCC12CCN(CC1)C([C@@H](NC(=S)Nc1cc(C(F)(F)F)cc(C(F)(F)F)c1)c1ccnc3ccc(OC)cc13)C2. The summed E-state index contributed by atoms with van der Waals surface area (Å²) in [5, 5.41) is 6.62. The summed E-state index contributed by atoms with van der Waals surface area (Å²) in [6, 6.07) is 8.30. The Hall–Kier alpha value is -3.12. The number of rotatable bonds is 6. The molecule has 2 atom stereocenters. The summed E-state index contributed by atoms with van der Waals surface area (Å²) in [7, 11) is 1.56. The zero-order valence-electron chi connectivity index (χ0n) is 22.5. The van der Waals surface area contributed by atoms with Crippen LogP contribution in [0.1, 0.15) is 55.3 Å². The lowest BCUT2D eigenvalue weighted by Gasteiger charge is -2.55. The summed E-state index contributed by atoms with van der Waals surface area (Å²) in [6.07, 6.45) is -4.21. The molecule has 41 heavy (non-hydrogen) atoms. The van der Waals surface area contributed by atoms with Gasteiger partial charge in [0.25, 0.3) is 0 Å². The van der Waals surface area contributed by atoms with Gasteiger partial charge in [-0.25, -0.2) is 0 Å². The van der Waals surface area contributed by atoms with Crippen LogP contribution in [0.3, 0.4) is 0 Å². The van der Waals surface area contributed by atoms with Crippen LogP contribution in [-0.4, -0.2) is 41.2 Å². The van der Waals surface area contributed by atoms with Crippen molar-refractivity contribution in [2.75, 3.05) is 25.5 Å². The number of piperidine rings is 3. The van der Waals surface area contributed by atoms with E-state index in [9.17, 15) is 26.3 Å². The number of pyridine rings is 1. The quantitative estimate of drug-likeness (QED) is 0.226. The highest BCUT2D eigenvalue weighted by atomic mass is 32.1. The number of nitrogens with zero attached hydrogens (tertiary/aromatic N) is 2. The fourth-order valence-electron chi connectivity index (χ4n) is 6.19. The van der Waals surface area contributed by atoms with E-state index in [0.29, 0.717) is 17.9 Å². The largest absolute Gasteiger partial charge is 0.497 e. The van der Waals surface area contributed by atoms with Gasteiger partial charge in [-0.2, -0.15) is 26.3 Å². The normalized spacial score (nSPS) is 23.3. The van der Waals surface area contributed by atoms with E-state index in [-0.39, 0.29) is 22.6 Å². The molecule has 2 bridgehead atoms. The fourth-order valence-corrected chi connectivity index (χ4v) is 6.44. The number of hydrogen-bond acceptors (Lipinski definition) is 4. The van der Waals surface area contributed by atoms with Gasteiger partial charge in [0, 0.05) is 23.3 Å². The van der Waals surface area contributed by atoms with Gasteiger partial charge in [-0.3, -0.25) is 9.88 Å². The van der Waals surface area contributed by atoms with Gasteiger partial charge in [-0.1, -0.05) is 13.3 Å². The van der Waals surface area contributed by atoms with E-state index in [2.05, 4.69) is 27.4 Å². The molecule has 220 valence electrons. The van der Waals surface area contributed by atoms with E-state index < -0.39 is 35.2 Å². The van der Waals surface area contributed by atoms with Crippen LogP contribution in [-0.2, 0) is 12.4 Å². The molecule has 12 heteroatoms. The fraction of sp³-hybridized carbons (Fsp3) is 0.448. The van der Waals surface area contributed by atoms with E-state index >= 15 is 0 Å². The summed E-state index contributed by atoms with van der Waals surface area (Å²) in [4.78, 5) is 6.86. The maximum absolute atomic E-state index is 13.4. The van der Waals surface area contributed by atoms with Crippen LogP contribution in [0.15, 0.2) is 48.7 Å². The van der Waals surface area contributed by atoms with Gasteiger partial charge in [0.1, 0.15) is 5.75 Å². The molecule has 0 saturated carbocycles. The second kappa shape index (κ2) is 10.9. The van der Waals surface area contributed by atoms with Crippen molar-refractivity contribution in [1.82, 2.24) is 15.2 Å². The van der Waals surface area contributed by atoms with Crippen molar-refractivity contribution in [3.8, 4) is 5.75 Å². The molecule has 3 fully saturated rings. The molecule has 2 aromatic carbocycles. The standard InChI is InChI=1S/C29H30F6N4OS/c1-3-27-7-10-39(11-8-27)24(16-27)25(21-6-9-36-23-5-4-20(40-2)15-22(21)23)38-26(41)37-19-13-17(28(30,31)32)12-18(14-19)29(33,34)35/h4-6,9,12-15,24-25H,3,7-8,10-11,16H2,1-2H3,(H2,37,38,41)/t24?,25-/m0/s1. The van der Waals surface area contributed by atoms with Crippen LogP contribution in [0.5, 0.6) is 5.75 Å². The average Bonchev–Trinajstić information content (AvgIpc) is 2.95. The smallest absolute Gasteiger partial charge is 0.416 e. The van der Waals surface area contributed by atoms with Crippen molar-refractivity contribution in [2.24, 2.45) is 5.41 Å². The minimum atomic E-state index is -4.96. The lowest BCUT2D eigenvalue weighted by atomic mass is 9.65. The molecule has 0 radical (unpaired) electrons. The molecule has 3 aliphatic rings. The average molecular weight is 597 g/mol. The molecular formula is C29H30F6N4OS. The Morgan fingerprint density at radius 1 is 1.05 bits per heavy atom. The number of benzene rings is 2. The lowest BCUT2D eigenvalue weighted by molar-refractivity contribution is -0.143. The number of anilines is 1. The predicted octanol–water partition coefficient (Wildman–Crippen LogP) is 7.57. The number of aromatic nitrogens is 1. The van der Waals surface area contributed by atoms with Crippen LogP contribution in [0.25, 0.3) is 10.9 Å². The molecule has 4 heterocycles. The van der Waals surface area contributed by atoms with Gasteiger partial charge >= 0.3 is 12.4 Å². The first kappa shape index (κ1) is 29.4. The Morgan fingerprint density at radius 3 is 2.29 bits per heavy atom. The third-order valence-corrected chi connectivity index (χ3v) is 8.77. The van der Waals surface area contributed by atoms with Gasteiger partial charge in [-0.15, -0.1) is 0 Å². The molecular weight excluding hydrogens is 566 g/mol. The van der Waals surface area contributed by atoms with Crippen molar-refractivity contribution >= 4 is 33.9 Å². The zero-order chi connectivity index (χ0) is 29.6. The van der Waals surface area contributed by atoms with Crippen LogP contribution in [0, 0.1) is 5.41 Å². The Balaban J connectivity index is 1.53. The molecule has 6 rings (SSSR count). The van der Waals surface area contributed by atoms with Crippen LogP contribution >= 0.6 is 12.2 Å². The van der Waals surface area contributed by atoms with Crippen molar-refractivity contribution in [3.63, 3.8) is 0 Å². The third kappa shape index (κ3) is 6.08. The topological polar surface area (TPSA) is 49.4 Å². The van der Waals surface area contributed by atoms with Crippen molar-refractivity contribution in [3.05, 3.63) is 65.4 Å². The second-order valence-corrected chi connectivity index (χ2v) is 11.2. The molecule has 1 unspecified atom stereocenters. The monoisotopic (exact) mass is 596 g/mol. The van der Waals surface area contributed by atoms with Gasteiger partial charge < -0.3 is 15.4 Å². The number of methoxy groups -OCH3 is 1. The molecule has 3 saturated heterocycles. The minimum Gasteiger partial charge on any atom is -0.497 e. The summed E-state index contributed by atoms with van der Waals surface area (Å²) in [5.74, 6) is 0.630. The van der Waals surface area contributed by atoms with Crippen LogP contribution in [0.2, 0.25) is 0 Å². The Bertz CT molecular complexity index is 1400. The molecule has 1 aromatic heterocycles. The number of alkyl halides is 6. The molecule has 3 aromatic rings. The van der Waals surface area contributed by atoms with E-state index in [4.69, 9.17) is 17.0 Å². The number of hydrogen-bond donors (Lipinski definition) is 2. The van der Waals surface area contributed by atoms with Gasteiger partial charge in [0.05, 0.1) is 29.8 Å². The van der Waals surface area contributed by atoms with Crippen molar-refractivity contribution < 1.29 is 31.1 Å². The molecule has 0 amide bonds. The molecule has 0 aliphatic carbocycles. The zero-order valence-corrected chi connectivity index (χ0v) is 23.3. The molecule has 5 nitrogen and oxygen atoms in total. The van der Waals surface area contributed by atoms with Gasteiger partial charge in [0.2, 0.25) is 0 Å². The van der Waals surface area contributed by atoms with Gasteiger partial charge in [0.15, 0.2) is 5.11 Å². The van der Waals surface area contributed by atoms with Gasteiger partial charge in [-0.05, 0) is 98.0 Å². The number of nitrogens with one attached hydrogen (secondary N) is 2. The Morgan fingerprint density at radius 2 is 1.71 bits per heavy atom. The second-order valence-electron chi connectivity index (χ2n) is 10.8. The first-order valence-corrected chi connectivity index (χ1v) is 13.8. The Kier molecular flexibility index (Phi) is 7.84. The number of thiocarbonyl (C=S) groups is 1. The van der Waals surface area contributed by atoms with Crippen LogP contribution < -0.4 is 15.4 Å². The maximum Gasteiger partial charge on any atom is 0.416 e. The lowest BCUT2D eigenvalue weighted by Crippen LogP contribution is -2.58. The van der Waals surface area contributed by atoms with E-state index in [0.717, 1.165) is 55.2 Å². The summed E-state index contributed by atoms with van der Waals surface area (Å²) in [6.45, 7) is 3.98. The Labute approximate surface area is 239 Å². The summed E-state index contributed by atoms with van der Waals surface area (Å²) >= 11 is 5.53. The minimum absolute atomic E-state index is 0.0127. The summed E-state index contributed by atoms with van der Waals surface area (Å²) < 4.78 is 86.1. The molecule has 2 N–H and O–H groups in total. The first-order chi connectivity index (χ1) is 19.3. The van der Waals surface area contributed by atoms with E-state index in [1.807, 2.05) is 18.2 Å². The highest BCUT2D eigenvalue weighted by Gasteiger charge is 2.47. The van der Waals surface area contributed by atoms with Crippen molar-refractivity contribution in [2.45, 2.75) is 57.0 Å². The van der Waals surface area contributed by atoms with Crippen LogP contribution in [0.4, 0.5) is 32.0 Å². The summed E-state index contributed by atoms with van der Waals surface area (Å²) in [5.41, 5.74) is -1.48. The highest BCUT2D eigenvalue weighted by molar-refractivity contribution is 7.80. The van der Waals surface area contributed by atoms with E-state index in [1.165, 1.54) is 0 Å². The third-order valence-electron chi connectivity index (χ3n) is 8.55. The number of ether oxygens (including phenoxy) is 1. The maximum atomic E-state index is 13.4. The van der Waals surface area contributed by atoms with E-state index in [1.54, 1.807) is 19.4 Å².